The van der Waals surface area contributed by atoms with Gasteiger partial charge in [0.05, 0.1) is 19.8 Å². The van der Waals surface area contributed by atoms with Crippen LogP contribution in [0.5, 0.6) is 5.75 Å². The molecule has 0 aliphatic rings. The fraction of sp³-hybridized carbons (Fsp3) is 0.118. The fourth-order valence-electron chi connectivity index (χ4n) is 1.88. The van der Waals surface area contributed by atoms with Crippen LogP contribution in [0.2, 0.25) is 0 Å². The molecule has 0 aliphatic heterocycles. The Morgan fingerprint density at radius 3 is 1.54 bits per heavy atom. The highest BCUT2D eigenvalue weighted by molar-refractivity contribution is 5.99. The number of methoxy groups -OCH3 is 2. The van der Waals surface area contributed by atoms with E-state index in [2.05, 4.69) is 15.6 Å². The van der Waals surface area contributed by atoms with Gasteiger partial charge in [0.25, 0.3) is 11.8 Å². The Morgan fingerprint density at radius 1 is 0.708 bits per heavy atom. The summed E-state index contributed by atoms with van der Waals surface area (Å²) in [6.45, 7) is 0. The Morgan fingerprint density at radius 2 is 1.12 bits per heavy atom. The molecular weight excluding hydrogens is 312 g/mol. The molecule has 7 nitrogen and oxygen atoms in total. The summed E-state index contributed by atoms with van der Waals surface area (Å²) in [4.78, 5) is 35.2. The second-order valence-electron chi connectivity index (χ2n) is 4.71. The zero-order chi connectivity index (χ0) is 17.5. The number of benzene rings is 2. The highest BCUT2D eigenvalue weighted by Gasteiger charge is 2.11. The van der Waals surface area contributed by atoms with Crippen molar-refractivity contribution in [1.82, 2.24) is 10.9 Å². The number of amides is 2. The van der Waals surface area contributed by atoms with Gasteiger partial charge in [-0.1, -0.05) is 0 Å². The lowest BCUT2D eigenvalue weighted by Crippen LogP contribution is -2.41. The maximum absolute atomic E-state index is 12.0. The van der Waals surface area contributed by atoms with Crippen molar-refractivity contribution in [2.75, 3.05) is 14.2 Å². The van der Waals surface area contributed by atoms with Crippen molar-refractivity contribution in [3.63, 3.8) is 0 Å². The van der Waals surface area contributed by atoms with Gasteiger partial charge >= 0.3 is 5.97 Å². The number of rotatable bonds is 4. The molecule has 0 saturated carbocycles. The van der Waals surface area contributed by atoms with Crippen molar-refractivity contribution in [3.8, 4) is 5.75 Å². The van der Waals surface area contributed by atoms with Crippen molar-refractivity contribution in [1.29, 1.82) is 0 Å². The third kappa shape index (κ3) is 4.10. The molecule has 2 amide bonds. The fourth-order valence-corrected chi connectivity index (χ4v) is 1.88. The summed E-state index contributed by atoms with van der Waals surface area (Å²) in [5.74, 6) is -0.832. The molecule has 0 heterocycles. The average Bonchev–Trinajstić information content (AvgIpc) is 2.65. The van der Waals surface area contributed by atoms with Gasteiger partial charge in [0.15, 0.2) is 0 Å². The first kappa shape index (κ1) is 17.0. The van der Waals surface area contributed by atoms with Gasteiger partial charge in [-0.3, -0.25) is 20.4 Å². The molecule has 2 N–H and O–H groups in total. The molecule has 0 bridgehead atoms. The first-order chi connectivity index (χ1) is 11.5. The Labute approximate surface area is 138 Å². The van der Waals surface area contributed by atoms with Crippen LogP contribution in [-0.2, 0) is 4.74 Å². The highest BCUT2D eigenvalue weighted by atomic mass is 16.5. The summed E-state index contributed by atoms with van der Waals surface area (Å²) < 4.78 is 9.58. The van der Waals surface area contributed by atoms with E-state index in [0.717, 1.165) is 0 Å². The van der Waals surface area contributed by atoms with E-state index in [4.69, 9.17) is 4.74 Å². The van der Waals surface area contributed by atoms with Gasteiger partial charge in [-0.15, -0.1) is 0 Å². The van der Waals surface area contributed by atoms with Gasteiger partial charge in [-0.05, 0) is 48.5 Å². The predicted octanol–water partition coefficient (Wildman–Crippen LogP) is 1.56. The van der Waals surface area contributed by atoms with Gasteiger partial charge < -0.3 is 9.47 Å². The van der Waals surface area contributed by atoms with Crippen LogP contribution in [0, 0.1) is 0 Å². The standard InChI is InChI=1S/C17H16N2O5/c1-23-14-9-7-12(8-10-14)16(21)19-18-15(20)11-3-5-13(6-4-11)17(22)24-2/h3-10H,1-2H3,(H,18,20)(H,19,21). The maximum Gasteiger partial charge on any atom is 0.337 e. The number of carbonyl (C=O) groups is 3. The number of esters is 1. The van der Waals surface area contributed by atoms with E-state index in [0.29, 0.717) is 16.9 Å². The lowest BCUT2D eigenvalue weighted by molar-refractivity contribution is 0.0600. The van der Waals surface area contributed by atoms with E-state index in [9.17, 15) is 14.4 Å². The summed E-state index contributed by atoms with van der Waals surface area (Å²) >= 11 is 0. The zero-order valence-corrected chi connectivity index (χ0v) is 13.2. The Balaban J connectivity index is 1.94. The van der Waals surface area contributed by atoms with Crippen LogP contribution in [0.4, 0.5) is 0 Å². The normalized spacial score (nSPS) is 9.75. The topological polar surface area (TPSA) is 93.7 Å². The van der Waals surface area contributed by atoms with Gasteiger partial charge in [0.1, 0.15) is 5.75 Å². The van der Waals surface area contributed by atoms with Crippen LogP contribution in [0.25, 0.3) is 0 Å². The highest BCUT2D eigenvalue weighted by Crippen LogP contribution is 2.11. The van der Waals surface area contributed by atoms with E-state index in [1.807, 2.05) is 0 Å². The van der Waals surface area contributed by atoms with E-state index in [-0.39, 0.29) is 5.56 Å². The average molecular weight is 328 g/mol. The molecule has 0 fully saturated rings. The van der Waals surface area contributed by atoms with Crippen LogP contribution in [0.1, 0.15) is 31.1 Å². The number of nitrogens with one attached hydrogen (secondary N) is 2. The molecule has 0 spiro atoms. The summed E-state index contributed by atoms with van der Waals surface area (Å²) in [5.41, 5.74) is 5.61. The minimum atomic E-state index is -0.506. The van der Waals surface area contributed by atoms with Crippen LogP contribution in [-0.4, -0.2) is 32.0 Å². The Hall–Kier alpha value is -3.35. The van der Waals surface area contributed by atoms with Crippen molar-refractivity contribution in [2.45, 2.75) is 0 Å². The van der Waals surface area contributed by atoms with Gasteiger partial charge in [0.2, 0.25) is 0 Å². The molecular formula is C17H16N2O5. The molecule has 0 radical (unpaired) electrons. The monoisotopic (exact) mass is 328 g/mol. The third-order valence-electron chi connectivity index (χ3n) is 3.21. The smallest absolute Gasteiger partial charge is 0.337 e. The number of ether oxygens (including phenoxy) is 2. The second-order valence-corrected chi connectivity index (χ2v) is 4.71. The maximum atomic E-state index is 12.0. The molecule has 0 aliphatic carbocycles. The van der Waals surface area contributed by atoms with Crippen LogP contribution in [0.15, 0.2) is 48.5 Å². The lowest BCUT2D eigenvalue weighted by atomic mass is 10.1. The largest absolute Gasteiger partial charge is 0.497 e. The van der Waals surface area contributed by atoms with Crippen molar-refractivity contribution in [3.05, 3.63) is 65.2 Å². The molecule has 0 aromatic heterocycles. The van der Waals surface area contributed by atoms with E-state index >= 15 is 0 Å². The second kappa shape index (κ2) is 7.77. The summed E-state index contributed by atoms with van der Waals surface area (Å²) in [6, 6.07) is 12.3. The van der Waals surface area contributed by atoms with Crippen LogP contribution < -0.4 is 15.6 Å². The number of hydrazine groups is 1. The number of hydrogen-bond acceptors (Lipinski definition) is 5. The predicted molar refractivity (Wildman–Crippen MR) is 85.7 cm³/mol. The molecule has 24 heavy (non-hydrogen) atoms. The SMILES string of the molecule is COC(=O)c1ccc(C(=O)NNC(=O)c2ccc(OC)cc2)cc1. The van der Waals surface area contributed by atoms with E-state index in [1.54, 1.807) is 24.3 Å². The quantitative estimate of drug-likeness (QED) is 0.656. The van der Waals surface area contributed by atoms with Crippen LogP contribution >= 0.6 is 0 Å². The molecule has 2 rings (SSSR count). The van der Waals surface area contributed by atoms with Crippen molar-refractivity contribution < 1.29 is 23.9 Å². The molecule has 2 aromatic carbocycles. The first-order valence-electron chi connectivity index (χ1n) is 6.98. The van der Waals surface area contributed by atoms with Crippen molar-refractivity contribution >= 4 is 17.8 Å². The Kier molecular flexibility index (Phi) is 5.51. The zero-order valence-electron chi connectivity index (χ0n) is 13.2. The third-order valence-corrected chi connectivity index (χ3v) is 3.21. The molecule has 7 heteroatoms. The van der Waals surface area contributed by atoms with Gasteiger partial charge in [0, 0.05) is 11.1 Å². The molecule has 0 saturated heterocycles. The number of carbonyl (C=O) groups excluding carboxylic acids is 3. The van der Waals surface area contributed by atoms with E-state index in [1.165, 1.54) is 38.5 Å². The summed E-state index contributed by atoms with van der Waals surface area (Å²) in [5, 5.41) is 0. The lowest BCUT2D eigenvalue weighted by Gasteiger charge is -2.08. The minimum absolute atomic E-state index is 0.290. The molecule has 0 unspecified atom stereocenters. The Bertz CT molecular complexity index is 739. The summed E-state index contributed by atoms with van der Waals surface area (Å²) in [6.07, 6.45) is 0. The minimum Gasteiger partial charge on any atom is -0.497 e. The van der Waals surface area contributed by atoms with Crippen LogP contribution in [0.3, 0.4) is 0 Å². The first-order valence-corrected chi connectivity index (χ1v) is 6.98. The van der Waals surface area contributed by atoms with E-state index < -0.39 is 17.8 Å². The van der Waals surface area contributed by atoms with Crippen molar-refractivity contribution in [2.24, 2.45) is 0 Å². The van der Waals surface area contributed by atoms with Gasteiger partial charge in [-0.25, -0.2) is 4.79 Å². The molecule has 124 valence electrons. The molecule has 0 atom stereocenters. The van der Waals surface area contributed by atoms with Gasteiger partial charge in [-0.2, -0.15) is 0 Å². The molecule has 2 aromatic rings. The number of hydrogen-bond donors (Lipinski definition) is 2. The summed E-state index contributed by atoms with van der Waals surface area (Å²) in [7, 11) is 2.80.